The van der Waals surface area contributed by atoms with E-state index in [9.17, 15) is 55.2 Å². The Balaban J connectivity index is 1.40. The number of hydrogen-bond acceptors (Lipinski definition) is 18. The van der Waals surface area contributed by atoms with Crippen molar-refractivity contribution in [2.24, 2.45) is 0 Å². The van der Waals surface area contributed by atoms with Gasteiger partial charge in [0.25, 0.3) is 0 Å². The van der Waals surface area contributed by atoms with Crippen molar-refractivity contribution in [1.82, 2.24) is 0 Å². The van der Waals surface area contributed by atoms with Crippen molar-refractivity contribution >= 4 is 17.7 Å². The van der Waals surface area contributed by atoms with Gasteiger partial charge in [-0.05, 0) is 31.5 Å². The first-order valence-electron chi connectivity index (χ1n) is 16.5. The van der Waals surface area contributed by atoms with E-state index in [-0.39, 0.29) is 35.0 Å². The molecule has 0 aromatic heterocycles. The zero-order chi connectivity index (χ0) is 38.9. The summed E-state index contributed by atoms with van der Waals surface area (Å²) in [5.74, 6) is -3.91. The number of ketones is 1. The van der Waals surface area contributed by atoms with E-state index in [2.05, 4.69) is 0 Å². The molecule has 19 nitrogen and oxygen atoms in total. The highest BCUT2D eigenvalue weighted by molar-refractivity contribution is 6.02. The highest BCUT2D eigenvalue weighted by Crippen LogP contribution is 2.44. The molecular formula is C34H42O19. The lowest BCUT2D eigenvalue weighted by Gasteiger charge is -2.45. The summed E-state index contributed by atoms with van der Waals surface area (Å²) in [6.07, 6.45) is -19.4. The number of carboxylic acid groups (broad SMARTS) is 1. The number of carbonyl (C=O) groups is 3. The minimum absolute atomic E-state index is 0.138. The van der Waals surface area contributed by atoms with Gasteiger partial charge in [-0.15, -0.1) is 0 Å². The second-order valence-electron chi connectivity index (χ2n) is 13.3. The molecule has 292 valence electrons. The van der Waals surface area contributed by atoms with E-state index in [1.165, 1.54) is 32.2 Å². The van der Waals surface area contributed by atoms with Crippen LogP contribution in [0.3, 0.4) is 0 Å². The largest absolute Gasteiger partial charge is 0.507 e. The fourth-order valence-corrected chi connectivity index (χ4v) is 6.20. The van der Waals surface area contributed by atoms with Crippen LogP contribution in [-0.2, 0) is 28.5 Å². The number of methoxy groups -OCH3 is 1. The van der Waals surface area contributed by atoms with Gasteiger partial charge >= 0.3 is 11.9 Å². The number of aliphatic hydroxyl groups excluding tert-OH is 5. The summed E-state index contributed by atoms with van der Waals surface area (Å²) < 4.78 is 39.2. The molecule has 3 heterocycles. The molecule has 12 atom stereocenters. The summed E-state index contributed by atoms with van der Waals surface area (Å²) in [7, 11) is 1.37. The molecule has 5 rings (SSSR count). The molecule has 0 amide bonds. The van der Waals surface area contributed by atoms with Crippen LogP contribution in [0.25, 0.3) is 0 Å². The quantitative estimate of drug-likeness (QED) is 0.118. The van der Waals surface area contributed by atoms with Crippen LogP contribution in [0.4, 0.5) is 0 Å². The third-order valence-electron chi connectivity index (χ3n) is 9.01. The number of aliphatic hydroxyl groups is 6. The van der Waals surface area contributed by atoms with Crippen molar-refractivity contribution in [1.29, 1.82) is 0 Å². The predicted octanol–water partition coefficient (Wildman–Crippen LogP) is -0.990. The maximum Gasteiger partial charge on any atom is 0.308 e. The number of rotatable bonds is 12. The number of aliphatic carboxylic acids is 1. The van der Waals surface area contributed by atoms with Crippen molar-refractivity contribution in [3.8, 4) is 28.7 Å². The zero-order valence-corrected chi connectivity index (χ0v) is 28.7. The Hall–Kier alpha value is -4.31. The van der Waals surface area contributed by atoms with E-state index in [4.69, 9.17) is 38.3 Å². The average Bonchev–Trinajstić information content (AvgIpc) is 3.07. The van der Waals surface area contributed by atoms with Gasteiger partial charge in [-0.1, -0.05) is 6.07 Å². The van der Waals surface area contributed by atoms with Crippen LogP contribution < -0.4 is 14.2 Å². The molecule has 53 heavy (non-hydrogen) atoms. The highest BCUT2D eigenvalue weighted by Gasteiger charge is 2.51. The lowest BCUT2D eigenvalue weighted by Crippen LogP contribution is -2.64. The number of fused-ring (bicyclic) bond motifs is 1. The third-order valence-corrected chi connectivity index (χ3v) is 9.01. The first-order chi connectivity index (χ1) is 24.9. The van der Waals surface area contributed by atoms with E-state index in [1.807, 2.05) is 0 Å². The number of hydrogen-bond donors (Lipinski definition) is 9. The minimum Gasteiger partial charge on any atom is -0.507 e. The predicted molar refractivity (Wildman–Crippen MR) is 172 cm³/mol. The fourth-order valence-electron chi connectivity index (χ4n) is 6.20. The Kier molecular flexibility index (Phi) is 12.0. The van der Waals surface area contributed by atoms with Crippen molar-refractivity contribution < 1.29 is 93.5 Å². The summed E-state index contributed by atoms with van der Waals surface area (Å²) in [5.41, 5.74) is -1.74. The molecule has 9 N–H and O–H groups in total. The van der Waals surface area contributed by atoms with Crippen molar-refractivity contribution in [2.75, 3.05) is 13.7 Å². The molecule has 0 spiro atoms. The normalized spacial score (nSPS) is 32.5. The lowest BCUT2D eigenvalue weighted by atomic mass is 9.95. The number of phenols is 2. The summed E-state index contributed by atoms with van der Waals surface area (Å²) >= 11 is 0. The molecule has 2 fully saturated rings. The van der Waals surface area contributed by atoms with Crippen molar-refractivity contribution in [2.45, 2.75) is 106 Å². The van der Waals surface area contributed by atoms with E-state index < -0.39 is 116 Å². The Morgan fingerprint density at radius 3 is 2.28 bits per heavy atom. The van der Waals surface area contributed by atoms with Gasteiger partial charge in [0.05, 0.1) is 38.1 Å². The molecular weight excluding hydrogens is 712 g/mol. The van der Waals surface area contributed by atoms with E-state index >= 15 is 0 Å². The van der Waals surface area contributed by atoms with E-state index in [0.717, 1.165) is 13.0 Å². The second kappa shape index (κ2) is 16.0. The molecule has 2 aromatic rings. The smallest absolute Gasteiger partial charge is 0.308 e. The number of esters is 1. The van der Waals surface area contributed by atoms with Gasteiger partial charge in [-0.2, -0.15) is 0 Å². The number of phenolic OH excluding ortho intramolecular Hbond substituents is 2. The summed E-state index contributed by atoms with van der Waals surface area (Å²) in [4.78, 5) is 36.6. The second-order valence-corrected chi connectivity index (χ2v) is 13.3. The molecule has 2 aromatic carbocycles. The molecule has 0 saturated carbocycles. The third kappa shape index (κ3) is 8.91. The van der Waals surface area contributed by atoms with Gasteiger partial charge in [0.1, 0.15) is 72.1 Å². The first-order valence-corrected chi connectivity index (χ1v) is 16.5. The first kappa shape index (κ1) is 39.9. The van der Waals surface area contributed by atoms with Crippen LogP contribution in [0.15, 0.2) is 30.3 Å². The summed E-state index contributed by atoms with van der Waals surface area (Å²) in [6.45, 7) is 1.74. The monoisotopic (exact) mass is 754 g/mol. The SMILES string of the molecule is COc1ccc([C@@H]2CC(=O)c3c(O)cc(O[C@@H]4O[C@H](COC(=O)C[C@@](C)(O)CC(=O)O)[C@@H](O)[C@H](O)[C@H]4O[C@H]4O[C@H](C)[C@@H](O)[C@H](O)[C@@H]4O)cc3O2)cc1O. The van der Waals surface area contributed by atoms with Crippen LogP contribution in [0.1, 0.15) is 55.1 Å². The van der Waals surface area contributed by atoms with E-state index in [1.54, 1.807) is 6.07 Å². The molecule has 0 aliphatic carbocycles. The van der Waals surface area contributed by atoms with Gasteiger partial charge in [0.2, 0.25) is 6.29 Å². The number of aromatic hydroxyl groups is 2. The van der Waals surface area contributed by atoms with Crippen LogP contribution in [-0.4, -0.2) is 144 Å². The molecule has 0 unspecified atom stereocenters. The molecule has 19 heteroatoms. The highest BCUT2D eigenvalue weighted by atomic mass is 16.8. The standard InChI is InChI=1S/C34H42O19/c1-13-26(41)28(43)30(45)32(49-13)53-31-29(44)27(42)22(12-48-24(40)11-34(2,46)10-23(38)39)52-33(31)50-15-7-17(36)25-18(37)9-20(51-21(25)8-15)14-4-5-19(47-3)16(35)6-14/h4-8,13,20,22,26-33,35-36,41-46H,9-12H2,1-3H3,(H,38,39)/t13-,20+,22-,26-,27-,28+,29+,30+,31-,32-,33-,34+/m1/s1. The van der Waals surface area contributed by atoms with Gasteiger partial charge in [-0.3, -0.25) is 14.4 Å². The molecule has 3 aliphatic heterocycles. The van der Waals surface area contributed by atoms with Crippen molar-refractivity contribution in [3.05, 3.63) is 41.5 Å². The molecule has 0 bridgehead atoms. The van der Waals surface area contributed by atoms with Crippen LogP contribution in [0, 0.1) is 0 Å². The average molecular weight is 755 g/mol. The van der Waals surface area contributed by atoms with Crippen LogP contribution >= 0.6 is 0 Å². The molecule has 2 saturated heterocycles. The Morgan fingerprint density at radius 2 is 1.62 bits per heavy atom. The zero-order valence-electron chi connectivity index (χ0n) is 28.7. The Morgan fingerprint density at radius 1 is 0.906 bits per heavy atom. The van der Waals surface area contributed by atoms with Crippen molar-refractivity contribution in [3.63, 3.8) is 0 Å². The maximum absolute atomic E-state index is 13.1. The van der Waals surface area contributed by atoms with Gasteiger partial charge in [0.15, 0.2) is 29.7 Å². The Bertz CT molecular complexity index is 1660. The number of ether oxygens (including phenoxy) is 7. The number of benzene rings is 2. The number of carbonyl (C=O) groups excluding carboxylic acids is 2. The maximum atomic E-state index is 13.1. The van der Waals surface area contributed by atoms with Gasteiger partial charge in [0, 0.05) is 12.1 Å². The van der Waals surface area contributed by atoms with Crippen LogP contribution in [0.5, 0.6) is 28.7 Å². The van der Waals surface area contributed by atoms with Crippen LogP contribution in [0.2, 0.25) is 0 Å². The molecule has 0 radical (unpaired) electrons. The van der Waals surface area contributed by atoms with Gasteiger partial charge < -0.3 is 79.1 Å². The topological polar surface area (TPSA) is 298 Å². The lowest BCUT2D eigenvalue weighted by molar-refractivity contribution is -0.354. The fraction of sp³-hybridized carbons (Fsp3) is 0.559. The number of carboxylic acids is 1. The summed E-state index contributed by atoms with van der Waals surface area (Å²) in [6, 6.07) is 6.65. The number of Topliss-reactive ketones (excluding diaryl/α,β-unsaturated/α-hetero) is 1. The van der Waals surface area contributed by atoms with E-state index in [0.29, 0.717) is 5.56 Å². The van der Waals surface area contributed by atoms with Gasteiger partial charge in [-0.25, -0.2) is 0 Å². The molecule has 3 aliphatic rings. The minimum atomic E-state index is -1.97. The summed E-state index contributed by atoms with van der Waals surface area (Å²) in [5, 5.41) is 93.6. The Labute approximate surface area is 301 Å².